The van der Waals surface area contributed by atoms with E-state index in [9.17, 15) is 4.79 Å². The van der Waals surface area contributed by atoms with Crippen LogP contribution in [0.25, 0.3) is 10.9 Å². The molecule has 0 saturated carbocycles. The van der Waals surface area contributed by atoms with E-state index in [-0.39, 0.29) is 18.1 Å². The molecule has 170 valence electrons. The number of carbonyl (C=O) groups excluding carboxylic acids is 1. The molecule has 3 heterocycles. The largest absolute Gasteiger partial charge is 0.497 e. The van der Waals surface area contributed by atoms with Crippen LogP contribution in [0.4, 0.5) is 0 Å². The molecule has 0 spiro atoms. The fourth-order valence-electron chi connectivity index (χ4n) is 5.03. The van der Waals surface area contributed by atoms with Gasteiger partial charge in [-0.2, -0.15) is 5.10 Å². The molecule has 0 aliphatic carbocycles. The summed E-state index contributed by atoms with van der Waals surface area (Å²) in [5.74, 6) is 0.807. The molecule has 1 unspecified atom stereocenters. The predicted octanol–water partition coefficient (Wildman–Crippen LogP) is 5.24. The van der Waals surface area contributed by atoms with E-state index in [4.69, 9.17) is 9.84 Å². The van der Waals surface area contributed by atoms with Gasteiger partial charge in [-0.05, 0) is 65.6 Å². The van der Waals surface area contributed by atoms with Gasteiger partial charge in [-0.25, -0.2) is 5.01 Å². The number of ether oxygens (including phenoxy) is 1. The summed E-state index contributed by atoms with van der Waals surface area (Å²) in [4.78, 5) is 19.5. The molecule has 1 amide bonds. The molecule has 2 atom stereocenters. The second-order valence-electron chi connectivity index (χ2n) is 8.65. The zero-order valence-corrected chi connectivity index (χ0v) is 20.2. The monoisotopic (exact) mass is 514 g/mol. The molecule has 2 aliphatic heterocycles. The lowest BCUT2D eigenvalue weighted by Gasteiger charge is -2.32. The average molecular weight is 515 g/mol. The van der Waals surface area contributed by atoms with E-state index in [0.29, 0.717) is 13.0 Å². The van der Waals surface area contributed by atoms with Gasteiger partial charge in [-0.15, -0.1) is 0 Å². The highest BCUT2D eigenvalue weighted by molar-refractivity contribution is 9.10. The van der Waals surface area contributed by atoms with Crippen LogP contribution >= 0.6 is 15.9 Å². The van der Waals surface area contributed by atoms with Crippen LogP contribution in [0.3, 0.4) is 0 Å². The third-order valence-corrected chi connectivity index (χ3v) is 7.24. The number of aromatic nitrogens is 1. The Morgan fingerprint density at radius 2 is 1.82 bits per heavy atom. The first-order valence-electron chi connectivity index (χ1n) is 11.2. The number of hydrazone groups is 1. The van der Waals surface area contributed by atoms with Crippen molar-refractivity contribution < 1.29 is 9.53 Å². The molecular formula is C27H23BrN4O2. The van der Waals surface area contributed by atoms with E-state index in [1.165, 1.54) is 16.6 Å². The lowest BCUT2D eigenvalue weighted by atomic mass is 9.97. The minimum Gasteiger partial charge on any atom is -0.497 e. The van der Waals surface area contributed by atoms with Crippen LogP contribution in [0, 0.1) is 0 Å². The SMILES string of the molecule is COc1ccc(C=NN2C(=O)[C@H]3Cc4c([nH]c5ccccc45)CN3C2c2ccc(Br)cc2)cc1. The van der Waals surface area contributed by atoms with Crippen LogP contribution in [0.15, 0.2) is 82.4 Å². The third-order valence-electron chi connectivity index (χ3n) is 6.71. The van der Waals surface area contributed by atoms with E-state index < -0.39 is 0 Å². The Morgan fingerprint density at radius 1 is 1.06 bits per heavy atom. The Bertz CT molecular complexity index is 1390. The van der Waals surface area contributed by atoms with Crippen molar-refractivity contribution >= 4 is 39.0 Å². The Hall–Kier alpha value is -3.42. The average Bonchev–Trinajstić information content (AvgIpc) is 3.36. The molecule has 0 bridgehead atoms. The van der Waals surface area contributed by atoms with Gasteiger partial charge in [0, 0.05) is 27.6 Å². The van der Waals surface area contributed by atoms with Gasteiger partial charge in [-0.1, -0.05) is 46.3 Å². The maximum atomic E-state index is 13.7. The molecule has 1 fully saturated rings. The van der Waals surface area contributed by atoms with E-state index >= 15 is 0 Å². The van der Waals surface area contributed by atoms with Crippen molar-refractivity contribution in [2.75, 3.05) is 7.11 Å². The number of nitrogens with zero attached hydrogens (tertiary/aromatic N) is 3. The van der Waals surface area contributed by atoms with Crippen molar-refractivity contribution in [1.82, 2.24) is 14.9 Å². The molecular weight excluding hydrogens is 492 g/mol. The number of aromatic amines is 1. The van der Waals surface area contributed by atoms with Crippen molar-refractivity contribution in [2.45, 2.75) is 25.2 Å². The third kappa shape index (κ3) is 3.52. The van der Waals surface area contributed by atoms with Crippen molar-refractivity contribution in [3.05, 3.63) is 99.7 Å². The molecule has 4 aromatic rings. The maximum absolute atomic E-state index is 13.7. The minimum absolute atomic E-state index is 0.0219. The fourth-order valence-corrected chi connectivity index (χ4v) is 5.30. The van der Waals surface area contributed by atoms with Gasteiger partial charge in [0.05, 0.1) is 19.4 Å². The summed E-state index contributed by atoms with van der Waals surface area (Å²) in [6.45, 7) is 0.662. The number of nitrogens with one attached hydrogen (secondary N) is 1. The number of methoxy groups -OCH3 is 1. The standard InChI is InChI=1S/C27H23BrN4O2/c1-34-20-12-6-17(7-13-20)15-29-32-26(18-8-10-19(28)11-9-18)31-16-24-22(14-25(31)27(32)33)21-4-2-3-5-23(21)30-24/h2-13,15,25-26,30H,14,16H2,1H3/t25-,26?/m1/s1. The summed E-state index contributed by atoms with van der Waals surface area (Å²) in [6.07, 6.45) is 2.13. The normalized spacial score (nSPS) is 20.2. The topological polar surface area (TPSA) is 60.9 Å². The molecule has 0 radical (unpaired) electrons. The molecule has 6 rings (SSSR count). The smallest absolute Gasteiger partial charge is 0.262 e. The highest BCUT2D eigenvalue weighted by atomic mass is 79.9. The molecule has 34 heavy (non-hydrogen) atoms. The quantitative estimate of drug-likeness (QED) is 0.378. The molecule has 2 aliphatic rings. The molecule has 7 heteroatoms. The van der Waals surface area contributed by atoms with Crippen molar-refractivity contribution in [2.24, 2.45) is 5.10 Å². The van der Waals surface area contributed by atoms with Crippen molar-refractivity contribution in [3.63, 3.8) is 0 Å². The number of amides is 1. The number of fused-ring (bicyclic) bond motifs is 4. The van der Waals surface area contributed by atoms with Crippen molar-refractivity contribution in [3.8, 4) is 5.75 Å². The first kappa shape index (κ1) is 21.1. The van der Waals surface area contributed by atoms with Gasteiger partial charge in [0.2, 0.25) is 0 Å². The Kier molecular flexibility index (Phi) is 5.23. The van der Waals surface area contributed by atoms with Gasteiger partial charge in [0.1, 0.15) is 11.9 Å². The lowest BCUT2D eigenvalue weighted by molar-refractivity contribution is -0.130. The van der Waals surface area contributed by atoms with Gasteiger partial charge < -0.3 is 9.72 Å². The van der Waals surface area contributed by atoms with Crippen LogP contribution in [-0.2, 0) is 17.8 Å². The fraction of sp³-hybridized carbons (Fsp3) is 0.185. The lowest BCUT2D eigenvalue weighted by Crippen LogP contribution is -2.39. The number of benzene rings is 3. The summed E-state index contributed by atoms with van der Waals surface area (Å²) in [5, 5.41) is 7.54. The zero-order chi connectivity index (χ0) is 23.2. The first-order chi connectivity index (χ1) is 16.6. The number of hydrogen-bond donors (Lipinski definition) is 1. The number of para-hydroxylation sites is 1. The molecule has 6 nitrogen and oxygen atoms in total. The summed E-state index contributed by atoms with van der Waals surface area (Å²) in [5.41, 5.74) is 5.47. The molecule has 1 saturated heterocycles. The van der Waals surface area contributed by atoms with Gasteiger partial charge >= 0.3 is 0 Å². The van der Waals surface area contributed by atoms with Crippen LogP contribution < -0.4 is 4.74 Å². The summed E-state index contributed by atoms with van der Waals surface area (Å²) in [6, 6.07) is 23.8. The second-order valence-corrected chi connectivity index (χ2v) is 9.56. The Balaban J connectivity index is 1.39. The van der Waals surface area contributed by atoms with Crippen molar-refractivity contribution in [1.29, 1.82) is 0 Å². The molecule has 3 aromatic carbocycles. The number of H-pyrrole nitrogens is 1. The Morgan fingerprint density at radius 3 is 2.59 bits per heavy atom. The summed E-state index contributed by atoms with van der Waals surface area (Å²) in [7, 11) is 1.64. The summed E-state index contributed by atoms with van der Waals surface area (Å²) >= 11 is 3.52. The Labute approximate surface area is 206 Å². The van der Waals surface area contributed by atoms with E-state index in [0.717, 1.165) is 26.9 Å². The maximum Gasteiger partial charge on any atom is 0.262 e. The van der Waals surface area contributed by atoms with Crippen LogP contribution in [0.1, 0.15) is 28.6 Å². The van der Waals surface area contributed by atoms with E-state index in [2.05, 4.69) is 56.1 Å². The van der Waals surface area contributed by atoms with Gasteiger partial charge in [-0.3, -0.25) is 9.69 Å². The zero-order valence-electron chi connectivity index (χ0n) is 18.6. The van der Waals surface area contributed by atoms with E-state index in [1.54, 1.807) is 18.3 Å². The number of halogens is 1. The van der Waals surface area contributed by atoms with E-state index in [1.807, 2.05) is 42.5 Å². The van der Waals surface area contributed by atoms with Crippen LogP contribution in [0.2, 0.25) is 0 Å². The first-order valence-corrected chi connectivity index (χ1v) is 12.0. The molecule has 1 aromatic heterocycles. The number of hydrogen-bond acceptors (Lipinski definition) is 4. The highest BCUT2D eigenvalue weighted by Gasteiger charge is 2.49. The van der Waals surface area contributed by atoms with Gasteiger partial charge in [0.15, 0.2) is 0 Å². The minimum atomic E-state index is -0.278. The van der Waals surface area contributed by atoms with Crippen LogP contribution in [-0.4, -0.2) is 40.2 Å². The molecule has 1 N–H and O–H groups in total. The second kappa shape index (κ2) is 8.42. The van der Waals surface area contributed by atoms with Gasteiger partial charge in [0.25, 0.3) is 5.91 Å². The number of carbonyl (C=O) groups is 1. The number of rotatable bonds is 4. The highest BCUT2D eigenvalue weighted by Crippen LogP contribution is 2.42. The summed E-state index contributed by atoms with van der Waals surface area (Å²) < 4.78 is 6.25. The van der Waals surface area contributed by atoms with Crippen LogP contribution in [0.5, 0.6) is 5.75 Å². The predicted molar refractivity (Wildman–Crippen MR) is 136 cm³/mol.